The zero-order valence-corrected chi connectivity index (χ0v) is 11.5. The smallest absolute Gasteiger partial charge is 0.127 e. The lowest BCUT2D eigenvalue weighted by Crippen LogP contribution is -2.00. The normalized spacial score (nSPS) is 10.1. The summed E-state index contributed by atoms with van der Waals surface area (Å²) in [7, 11) is 1.68. The van der Waals surface area contributed by atoms with E-state index in [-0.39, 0.29) is 0 Å². The van der Waals surface area contributed by atoms with Crippen molar-refractivity contribution in [2.75, 3.05) is 24.3 Å². The number of methoxy groups -OCH3 is 1. The molecule has 1 aromatic carbocycles. The molecule has 100 valence electrons. The number of ether oxygens (including phenoxy) is 1. The fraction of sp³-hybridized carbons (Fsp3) is 0.267. The first-order valence-electron chi connectivity index (χ1n) is 6.34. The van der Waals surface area contributed by atoms with Crippen LogP contribution in [0.4, 0.5) is 17.2 Å². The van der Waals surface area contributed by atoms with Gasteiger partial charge in [0, 0.05) is 30.2 Å². The Labute approximate surface area is 113 Å². The molecular weight excluding hydrogens is 238 g/mol. The lowest BCUT2D eigenvalue weighted by molar-refractivity contribution is 0.412. The van der Waals surface area contributed by atoms with Crippen molar-refractivity contribution in [1.82, 2.24) is 4.98 Å². The van der Waals surface area contributed by atoms with Crippen LogP contribution in [0.25, 0.3) is 0 Å². The van der Waals surface area contributed by atoms with E-state index < -0.39 is 0 Å². The van der Waals surface area contributed by atoms with Gasteiger partial charge in [0.1, 0.15) is 11.6 Å². The first-order chi connectivity index (χ1) is 9.22. The third-order valence-corrected chi connectivity index (χ3v) is 2.80. The van der Waals surface area contributed by atoms with E-state index in [1.54, 1.807) is 13.3 Å². The molecule has 1 aromatic heterocycles. The predicted molar refractivity (Wildman–Crippen MR) is 79.4 cm³/mol. The summed E-state index contributed by atoms with van der Waals surface area (Å²) in [4.78, 5) is 4.24. The molecule has 0 unspecified atom stereocenters. The Kier molecular flexibility index (Phi) is 4.23. The van der Waals surface area contributed by atoms with Gasteiger partial charge in [-0.3, -0.25) is 0 Å². The number of anilines is 3. The van der Waals surface area contributed by atoms with Gasteiger partial charge in [0.05, 0.1) is 7.11 Å². The van der Waals surface area contributed by atoms with Gasteiger partial charge in [-0.25, -0.2) is 4.98 Å². The minimum atomic E-state index is 0.859. The van der Waals surface area contributed by atoms with Gasteiger partial charge in [-0.05, 0) is 43.7 Å². The van der Waals surface area contributed by atoms with Gasteiger partial charge >= 0.3 is 0 Å². The van der Waals surface area contributed by atoms with Crippen LogP contribution in [-0.2, 0) is 0 Å². The minimum absolute atomic E-state index is 0.859. The Morgan fingerprint density at radius 1 is 1.16 bits per heavy atom. The maximum Gasteiger partial charge on any atom is 0.127 e. The van der Waals surface area contributed by atoms with Gasteiger partial charge in [0.15, 0.2) is 0 Å². The fourth-order valence-electron chi connectivity index (χ4n) is 1.91. The van der Waals surface area contributed by atoms with E-state index in [0.29, 0.717) is 0 Å². The lowest BCUT2D eigenvalue weighted by atomic mass is 10.2. The monoisotopic (exact) mass is 257 g/mol. The number of aryl methyl sites for hydroxylation is 1. The number of hydrogen-bond donors (Lipinski definition) is 2. The summed E-state index contributed by atoms with van der Waals surface area (Å²) in [6, 6.07) is 9.96. The maximum absolute atomic E-state index is 5.25. The second-order valence-electron chi connectivity index (χ2n) is 4.27. The quantitative estimate of drug-likeness (QED) is 0.859. The largest absolute Gasteiger partial charge is 0.496 e. The molecular formula is C15H19N3O. The standard InChI is InChI=1S/C15H19N3O/c1-4-16-15-10-13(7-8-17-15)18-12-5-6-14(19-3)11(2)9-12/h5-10H,4H2,1-3H3,(H2,16,17,18). The van der Waals surface area contributed by atoms with Gasteiger partial charge < -0.3 is 15.4 Å². The topological polar surface area (TPSA) is 46.2 Å². The van der Waals surface area contributed by atoms with E-state index in [9.17, 15) is 0 Å². The van der Waals surface area contributed by atoms with Gasteiger partial charge in [0.25, 0.3) is 0 Å². The predicted octanol–water partition coefficient (Wildman–Crippen LogP) is 3.57. The van der Waals surface area contributed by atoms with Gasteiger partial charge in [0.2, 0.25) is 0 Å². The van der Waals surface area contributed by atoms with Gasteiger partial charge in [-0.15, -0.1) is 0 Å². The van der Waals surface area contributed by atoms with Crippen LogP contribution >= 0.6 is 0 Å². The molecule has 0 spiro atoms. The molecule has 0 fully saturated rings. The molecule has 0 amide bonds. The molecule has 0 aliphatic carbocycles. The molecule has 4 heteroatoms. The first-order valence-corrected chi connectivity index (χ1v) is 6.34. The number of pyridine rings is 1. The van der Waals surface area contributed by atoms with E-state index in [4.69, 9.17) is 4.74 Å². The average molecular weight is 257 g/mol. The van der Waals surface area contributed by atoms with Crippen molar-refractivity contribution in [3.05, 3.63) is 42.1 Å². The minimum Gasteiger partial charge on any atom is -0.496 e. The van der Waals surface area contributed by atoms with Crippen molar-refractivity contribution in [2.45, 2.75) is 13.8 Å². The Hall–Kier alpha value is -2.23. The van der Waals surface area contributed by atoms with Gasteiger partial charge in [-0.2, -0.15) is 0 Å². The molecule has 1 heterocycles. The molecule has 0 saturated heterocycles. The highest BCUT2D eigenvalue weighted by molar-refractivity contribution is 5.64. The van der Waals surface area contributed by atoms with Crippen molar-refractivity contribution in [2.24, 2.45) is 0 Å². The molecule has 2 aromatic rings. The van der Waals surface area contributed by atoms with Crippen molar-refractivity contribution in [3.8, 4) is 5.75 Å². The highest BCUT2D eigenvalue weighted by Crippen LogP contribution is 2.24. The third-order valence-electron chi connectivity index (χ3n) is 2.80. The summed E-state index contributed by atoms with van der Waals surface area (Å²) >= 11 is 0. The highest BCUT2D eigenvalue weighted by atomic mass is 16.5. The number of hydrogen-bond acceptors (Lipinski definition) is 4. The molecule has 19 heavy (non-hydrogen) atoms. The summed E-state index contributed by atoms with van der Waals surface area (Å²) in [6.07, 6.45) is 1.79. The Morgan fingerprint density at radius 2 is 1.95 bits per heavy atom. The summed E-state index contributed by atoms with van der Waals surface area (Å²) in [5.41, 5.74) is 3.15. The van der Waals surface area contributed by atoms with E-state index >= 15 is 0 Å². The molecule has 0 atom stereocenters. The summed E-state index contributed by atoms with van der Waals surface area (Å²) in [5.74, 6) is 1.77. The SMILES string of the molecule is CCNc1cc(Nc2ccc(OC)c(C)c2)ccn1. The van der Waals surface area contributed by atoms with Crippen molar-refractivity contribution >= 4 is 17.2 Å². The third kappa shape index (κ3) is 3.37. The number of nitrogens with zero attached hydrogens (tertiary/aromatic N) is 1. The second-order valence-corrected chi connectivity index (χ2v) is 4.27. The van der Waals surface area contributed by atoms with Crippen LogP contribution in [0.5, 0.6) is 5.75 Å². The number of aromatic nitrogens is 1. The van der Waals surface area contributed by atoms with Crippen LogP contribution in [0.15, 0.2) is 36.5 Å². The average Bonchev–Trinajstić information content (AvgIpc) is 2.40. The Balaban J connectivity index is 2.16. The van der Waals surface area contributed by atoms with Crippen LogP contribution in [0.3, 0.4) is 0 Å². The molecule has 0 radical (unpaired) electrons. The highest BCUT2D eigenvalue weighted by Gasteiger charge is 2.01. The molecule has 4 nitrogen and oxygen atoms in total. The van der Waals surface area contributed by atoms with E-state index in [1.165, 1.54) is 0 Å². The first kappa shape index (κ1) is 13.2. The van der Waals surface area contributed by atoms with Gasteiger partial charge in [-0.1, -0.05) is 0 Å². The molecule has 0 aliphatic heterocycles. The van der Waals surface area contributed by atoms with E-state index in [1.807, 2.05) is 31.2 Å². The van der Waals surface area contributed by atoms with Crippen LogP contribution in [0, 0.1) is 6.92 Å². The number of benzene rings is 1. The number of nitrogens with one attached hydrogen (secondary N) is 2. The number of rotatable bonds is 5. The zero-order chi connectivity index (χ0) is 13.7. The van der Waals surface area contributed by atoms with Crippen molar-refractivity contribution < 1.29 is 4.74 Å². The van der Waals surface area contributed by atoms with Crippen LogP contribution < -0.4 is 15.4 Å². The van der Waals surface area contributed by atoms with E-state index in [2.05, 4.69) is 28.6 Å². The van der Waals surface area contributed by atoms with Crippen molar-refractivity contribution in [3.63, 3.8) is 0 Å². The summed E-state index contributed by atoms with van der Waals surface area (Å²) in [6.45, 7) is 4.94. The lowest BCUT2D eigenvalue weighted by Gasteiger charge is -2.11. The maximum atomic E-state index is 5.25. The summed E-state index contributed by atoms with van der Waals surface area (Å²) < 4.78 is 5.25. The molecule has 0 saturated carbocycles. The van der Waals surface area contributed by atoms with Crippen molar-refractivity contribution in [1.29, 1.82) is 0 Å². The Bertz CT molecular complexity index is 555. The van der Waals surface area contributed by atoms with Crippen LogP contribution in [0.2, 0.25) is 0 Å². The fourth-order valence-corrected chi connectivity index (χ4v) is 1.91. The Morgan fingerprint density at radius 3 is 2.63 bits per heavy atom. The molecule has 0 bridgehead atoms. The second kappa shape index (κ2) is 6.09. The van der Waals surface area contributed by atoms with Crippen LogP contribution in [0.1, 0.15) is 12.5 Å². The molecule has 0 aliphatic rings. The molecule has 2 N–H and O–H groups in total. The zero-order valence-electron chi connectivity index (χ0n) is 11.5. The van der Waals surface area contributed by atoms with E-state index in [0.717, 1.165) is 35.1 Å². The summed E-state index contributed by atoms with van der Waals surface area (Å²) in [5, 5.41) is 6.55. The van der Waals surface area contributed by atoms with Crippen LogP contribution in [-0.4, -0.2) is 18.6 Å². The molecule has 2 rings (SSSR count).